The van der Waals surface area contributed by atoms with Gasteiger partial charge >= 0.3 is 0 Å². The average molecular weight is 457 g/mol. The zero-order valence-corrected chi connectivity index (χ0v) is 18.4. The number of fused-ring (bicyclic) bond motifs is 1. The molecule has 3 aromatic carbocycles. The largest absolute Gasteiger partial charge is 0.495 e. The van der Waals surface area contributed by atoms with Gasteiger partial charge in [-0.15, -0.1) is 0 Å². The van der Waals surface area contributed by atoms with Crippen LogP contribution in [0.25, 0.3) is 0 Å². The minimum Gasteiger partial charge on any atom is -0.495 e. The summed E-state index contributed by atoms with van der Waals surface area (Å²) in [7, 11) is -2.27. The Morgan fingerprint density at radius 1 is 1.10 bits per heavy atom. The molecule has 8 heteroatoms. The number of amides is 1. The fraction of sp³-hybridized carbons (Fsp3) is 0.174. The van der Waals surface area contributed by atoms with Gasteiger partial charge in [0, 0.05) is 24.3 Å². The van der Waals surface area contributed by atoms with E-state index in [9.17, 15) is 13.2 Å². The van der Waals surface area contributed by atoms with Gasteiger partial charge in [-0.1, -0.05) is 41.9 Å². The number of carbonyl (C=O) groups excluding carboxylic acids is 1. The molecule has 0 saturated heterocycles. The number of benzene rings is 3. The van der Waals surface area contributed by atoms with Crippen LogP contribution in [0.3, 0.4) is 0 Å². The van der Waals surface area contributed by atoms with Gasteiger partial charge in [-0.3, -0.25) is 4.79 Å². The molecule has 3 aromatic rings. The van der Waals surface area contributed by atoms with Crippen LogP contribution in [0.5, 0.6) is 5.75 Å². The molecule has 0 spiro atoms. The fourth-order valence-corrected chi connectivity index (χ4v) is 4.95. The molecule has 0 fully saturated rings. The van der Waals surface area contributed by atoms with E-state index in [2.05, 4.69) is 4.72 Å². The Balaban J connectivity index is 1.48. The van der Waals surface area contributed by atoms with Gasteiger partial charge in [0.05, 0.1) is 17.0 Å². The van der Waals surface area contributed by atoms with Crippen molar-refractivity contribution < 1.29 is 17.9 Å². The smallest absolute Gasteiger partial charge is 0.258 e. The highest BCUT2D eigenvalue weighted by Gasteiger charge is 2.26. The molecule has 4 rings (SSSR count). The highest BCUT2D eigenvalue weighted by atomic mass is 35.5. The van der Waals surface area contributed by atoms with E-state index in [1.807, 2.05) is 36.4 Å². The zero-order chi connectivity index (χ0) is 22.0. The number of sulfonamides is 1. The normalized spacial score (nSPS) is 13.2. The fourth-order valence-electron chi connectivity index (χ4n) is 3.59. The Morgan fingerprint density at radius 2 is 1.87 bits per heavy atom. The maximum Gasteiger partial charge on any atom is 0.258 e. The zero-order valence-electron chi connectivity index (χ0n) is 16.8. The van der Waals surface area contributed by atoms with Gasteiger partial charge in [0.1, 0.15) is 5.75 Å². The number of nitrogens with one attached hydrogen (secondary N) is 1. The molecule has 0 bridgehead atoms. The van der Waals surface area contributed by atoms with Crippen molar-refractivity contribution >= 4 is 33.2 Å². The summed E-state index contributed by atoms with van der Waals surface area (Å²) in [6.45, 7) is 0.731. The molecule has 160 valence electrons. The lowest BCUT2D eigenvalue weighted by atomic mass is 10.1. The van der Waals surface area contributed by atoms with E-state index >= 15 is 0 Å². The van der Waals surface area contributed by atoms with Crippen LogP contribution in [0.2, 0.25) is 5.02 Å². The minimum absolute atomic E-state index is 0.0378. The Morgan fingerprint density at radius 3 is 2.58 bits per heavy atom. The van der Waals surface area contributed by atoms with E-state index in [0.29, 0.717) is 17.9 Å². The Labute approximate surface area is 186 Å². The second-order valence-electron chi connectivity index (χ2n) is 7.16. The number of ether oxygens (including phenoxy) is 1. The van der Waals surface area contributed by atoms with Crippen molar-refractivity contribution in [1.82, 2.24) is 4.72 Å². The van der Waals surface area contributed by atoms with Crippen LogP contribution in [-0.2, 0) is 23.0 Å². The van der Waals surface area contributed by atoms with Gasteiger partial charge in [-0.2, -0.15) is 0 Å². The third-order valence-electron chi connectivity index (χ3n) is 5.21. The van der Waals surface area contributed by atoms with Crippen LogP contribution in [0.4, 0.5) is 5.69 Å². The predicted octanol–water partition coefficient (Wildman–Crippen LogP) is 4.03. The van der Waals surface area contributed by atoms with Crippen molar-refractivity contribution in [3.05, 3.63) is 88.4 Å². The Bertz CT molecular complexity index is 1230. The van der Waals surface area contributed by atoms with E-state index in [4.69, 9.17) is 16.3 Å². The summed E-state index contributed by atoms with van der Waals surface area (Å²) in [4.78, 5) is 14.6. The summed E-state index contributed by atoms with van der Waals surface area (Å²) in [5, 5.41) is 0.228. The highest BCUT2D eigenvalue weighted by Crippen LogP contribution is 2.31. The lowest BCUT2D eigenvalue weighted by molar-refractivity contribution is 0.0989. The lowest BCUT2D eigenvalue weighted by Gasteiger charge is -2.17. The topological polar surface area (TPSA) is 75.7 Å². The molecule has 1 N–H and O–H groups in total. The third-order valence-corrected chi connectivity index (χ3v) is 6.90. The summed E-state index contributed by atoms with van der Waals surface area (Å²) in [5.74, 6) is 0.373. The monoisotopic (exact) mass is 456 g/mol. The van der Waals surface area contributed by atoms with Gasteiger partial charge in [-0.05, 0) is 53.9 Å². The minimum atomic E-state index is -3.73. The second kappa shape index (κ2) is 8.70. The number of anilines is 1. The van der Waals surface area contributed by atoms with Crippen molar-refractivity contribution in [2.45, 2.75) is 17.9 Å². The molecule has 1 aliphatic rings. The van der Waals surface area contributed by atoms with Crippen molar-refractivity contribution in [1.29, 1.82) is 0 Å². The molecular formula is C23H21ClN2O4S. The molecule has 0 unspecified atom stereocenters. The molecule has 0 atom stereocenters. The maximum absolute atomic E-state index is 12.8. The first-order valence-corrected chi connectivity index (χ1v) is 11.6. The van der Waals surface area contributed by atoms with Crippen LogP contribution >= 0.6 is 11.6 Å². The van der Waals surface area contributed by atoms with Crippen molar-refractivity contribution in [3.8, 4) is 5.75 Å². The molecule has 1 aliphatic heterocycles. The summed E-state index contributed by atoms with van der Waals surface area (Å²) in [6.07, 6.45) is 0.725. The van der Waals surface area contributed by atoms with E-state index in [-0.39, 0.29) is 22.4 Å². The summed E-state index contributed by atoms with van der Waals surface area (Å²) < 4.78 is 32.9. The Kier molecular flexibility index (Phi) is 6.00. The van der Waals surface area contributed by atoms with Gasteiger partial charge in [0.25, 0.3) is 5.91 Å². The standard InChI is InChI=1S/C23H21ClN2O4S/c1-30-22-10-8-19(14-20(22)24)31(28,29)25-15-16-7-9-21-18(13-16)11-12-26(21)23(27)17-5-3-2-4-6-17/h2-10,13-14,25H,11-12,15H2,1H3. The number of methoxy groups -OCH3 is 1. The van der Waals surface area contributed by atoms with Crippen LogP contribution in [-0.4, -0.2) is 28.0 Å². The number of hydrogen-bond donors (Lipinski definition) is 1. The second-order valence-corrected chi connectivity index (χ2v) is 9.33. The van der Waals surface area contributed by atoms with Crippen molar-refractivity contribution in [2.75, 3.05) is 18.6 Å². The predicted molar refractivity (Wildman–Crippen MR) is 120 cm³/mol. The molecule has 0 saturated carbocycles. The average Bonchev–Trinajstić information content (AvgIpc) is 3.21. The van der Waals surface area contributed by atoms with Crippen molar-refractivity contribution in [2.24, 2.45) is 0 Å². The molecule has 0 aromatic heterocycles. The van der Waals surface area contributed by atoms with E-state index in [0.717, 1.165) is 23.2 Å². The molecule has 1 heterocycles. The van der Waals surface area contributed by atoms with Crippen LogP contribution in [0.15, 0.2) is 71.6 Å². The molecule has 0 aliphatic carbocycles. The molecule has 6 nitrogen and oxygen atoms in total. The number of carbonyl (C=O) groups is 1. The van der Waals surface area contributed by atoms with Gasteiger partial charge in [0.15, 0.2) is 0 Å². The van der Waals surface area contributed by atoms with Crippen LogP contribution < -0.4 is 14.4 Å². The highest BCUT2D eigenvalue weighted by molar-refractivity contribution is 7.89. The van der Waals surface area contributed by atoms with E-state index in [1.165, 1.54) is 25.3 Å². The van der Waals surface area contributed by atoms with Gasteiger partial charge in [0.2, 0.25) is 10.0 Å². The third kappa shape index (κ3) is 4.44. The molecule has 31 heavy (non-hydrogen) atoms. The Hall–Kier alpha value is -2.87. The number of halogens is 1. The first-order chi connectivity index (χ1) is 14.9. The van der Waals surface area contributed by atoms with Crippen molar-refractivity contribution in [3.63, 3.8) is 0 Å². The van der Waals surface area contributed by atoms with Gasteiger partial charge in [-0.25, -0.2) is 13.1 Å². The quantitative estimate of drug-likeness (QED) is 0.607. The van der Waals surface area contributed by atoms with Crippen LogP contribution in [0, 0.1) is 0 Å². The van der Waals surface area contributed by atoms with E-state index in [1.54, 1.807) is 17.0 Å². The first kappa shape index (κ1) is 21.4. The van der Waals surface area contributed by atoms with Crippen LogP contribution in [0.1, 0.15) is 21.5 Å². The summed E-state index contributed by atoms with van der Waals surface area (Å²) in [5.41, 5.74) is 3.34. The summed E-state index contributed by atoms with van der Waals surface area (Å²) >= 11 is 6.05. The SMILES string of the molecule is COc1ccc(S(=O)(=O)NCc2ccc3c(c2)CCN3C(=O)c2ccccc2)cc1Cl. The number of hydrogen-bond acceptors (Lipinski definition) is 4. The first-order valence-electron chi connectivity index (χ1n) is 9.71. The lowest BCUT2D eigenvalue weighted by Crippen LogP contribution is -2.28. The number of rotatable bonds is 6. The van der Waals surface area contributed by atoms with E-state index < -0.39 is 10.0 Å². The molecule has 1 amide bonds. The number of nitrogens with zero attached hydrogens (tertiary/aromatic N) is 1. The van der Waals surface area contributed by atoms with Gasteiger partial charge < -0.3 is 9.64 Å². The molecule has 0 radical (unpaired) electrons. The summed E-state index contributed by atoms with van der Waals surface area (Å²) in [6, 6.07) is 19.1. The molecular weight excluding hydrogens is 436 g/mol. The maximum atomic E-state index is 12.8.